The minimum absolute atomic E-state index is 0.196. The quantitative estimate of drug-likeness (QED) is 0.691. The first-order chi connectivity index (χ1) is 12.7. The van der Waals surface area contributed by atoms with Crippen molar-refractivity contribution in [3.8, 4) is 0 Å². The Labute approximate surface area is 150 Å². The van der Waals surface area contributed by atoms with Crippen LogP contribution in [0.5, 0.6) is 0 Å². The van der Waals surface area contributed by atoms with Crippen LogP contribution in [0.4, 0.5) is 5.69 Å². The molecule has 0 bridgehead atoms. The Morgan fingerprint density at radius 1 is 1.23 bits per heavy atom. The second-order valence-corrected chi connectivity index (χ2v) is 7.04. The molecule has 9 nitrogen and oxygen atoms in total. The lowest BCUT2D eigenvalue weighted by molar-refractivity contribution is -0.117. The summed E-state index contributed by atoms with van der Waals surface area (Å²) in [6.07, 6.45) is 5.36. The molecule has 0 atom stereocenters. The highest BCUT2D eigenvalue weighted by molar-refractivity contribution is 5.95. The molecule has 26 heavy (non-hydrogen) atoms. The highest BCUT2D eigenvalue weighted by atomic mass is 16.2. The zero-order valence-electron chi connectivity index (χ0n) is 14.6. The Morgan fingerprint density at radius 2 is 2.12 bits per heavy atom. The van der Waals surface area contributed by atoms with Crippen molar-refractivity contribution in [1.29, 1.82) is 0 Å². The van der Waals surface area contributed by atoms with Gasteiger partial charge in [0.1, 0.15) is 0 Å². The number of amides is 1. The molecule has 0 aliphatic carbocycles. The Kier molecular flexibility index (Phi) is 3.49. The number of likely N-dealkylation sites (tertiary alicyclic amines) is 1. The van der Waals surface area contributed by atoms with Crippen LogP contribution in [-0.2, 0) is 11.3 Å². The number of nitrogens with zero attached hydrogens (tertiary/aromatic N) is 8. The van der Waals surface area contributed by atoms with Crippen LogP contribution in [0.3, 0.4) is 0 Å². The minimum Gasteiger partial charge on any atom is -0.309 e. The molecule has 134 valence electrons. The molecule has 3 aromatic heterocycles. The molecule has 2 fully saturated rings. The van der Waals surface area contributed by atoms with Gasteiger partial charge in [-0.1, -0.05) is 0 Å². The number of hydrogen-bond acceptors (Lipinski definition) is 6. The lowest BCUT2D eigenvalue weighted by Crippen LogP contribution is -2.47. The fraction of sp³-hybridized carbons (Fsp3) is 0.471. The van der Waals surface area contributed by atoms with Crippen LogP contribution in [0.1, 0.15) is 30.4 Å². The van der Waals surface area contributed by atoms with Gasteiger partial charge in [0.2, 0.25) is 5.91 Å². The summed E-state index contributed by atoms with van der Waals surface area (Å²) in [5.41, 5.74) is 2.63. The normalized spacial score (nSPS) is 18.8. The van der Waals surface area contributed by atoms with E-state index in [4.69, 9.17) is 0 Å². The third kappa shape index (κ3) is 2.55. The van der Waals surface area contributed by atoms with Crippen LogP contribution in [0, 0.1) is 6.92 Å². The van der Waals surface area contributed by atoms with Crippen molar-refractivity contribution < 1.29 is 4.79 Å². The van der Waals surface area contributed by atoms with E-state index in [1.165, 1.54) is 0 Å². The lowest BCUT2D eigenvalue weighted by atomic mass is 10.1. The molecule has 0 aromatic carbocycles. The predicted molar refractivity (Wildman–Crippen MR) is 93.6 cm³/mol. The number of fused-ring (bicyclic) bond motifs is 1. The van der Waals surface area contributed by atoms with Gasteiger partial charge >= 0.3 is 0 Å². The van der Waals surface area contributed by atoms with Crippen molar-refractivity contribution in [2.75, 3.05) is 24.5 Å². The number of hydrogen-bond donors (Lipinski definition) is 0. The number of aryl methyl sites for hydroxylation is 1. The maximum atomic E-state index is 11.9. The van der Waals surface area contributed by atoms with Crippen LogP contribution in [-0.4, -0.2) is 60.0 Å². The molecule has 2 aliphatic heterocycles. The Bertz CT molecular complexity index is 970. The van der Waals surface area contributed by atoms with Crippen molar-refractivity contribution in [2.24, 2.45) is 0 Å². The number of rotatable bonds is 4. The van der Waals surface area contributed by atoms with Gasteiger partial charge in [-0.15, -0.1) is 10.2 Å². The summed E-state index contributed by atoms with van der Waals surface area (Å²) in [4.78, 5) is 16.0. The highest BCUT2D eigenvalue weighted by Gasteiger charge is 2.31. The summed E-state index contributed by atoms with van der Waals surface area (Å²) in [6.45, 7) is 5.27. The Hall–Kier alpha value is -2.81. The molecule has 9 heteroatoms. The second kappa shape index (κ2) is 5.87. The molecule has 0 spiro atoms. The maximum Gasteiger partial charge on any atom is 0.227 e. The van der Waals surface area contributed by atoms with Gasteiger partial charge in [0.25, 0.3) is 0 Å². The highest BCUT2D eigenvalue weighted by Crippen LogP contribution is 2.26. The van der Waals surface area contributed by atoms with Crippen molar-refractivity contribution in [1.82, 2.24) is 34.5 Å². The standard InChI is InChI=1S/C17H20N8O/c1-12-4-5-15-19-20-16(25(15)21-12)11-22-8-14(9-22)24-10-13(7-18-24)23-6-2-3-17(23)26/h4-5,7,10,14H,2-3,6,8-9,11H2,1H3. The molecule has 3 aromatic rings. The first-order valence-electron chi connectivity index (χ1n) is 8.92. The summed E-state index contributed by atoms with van der Waals surface area (Å²) in [6, 6.07) is 4.20. The van der Waals surface area contributed by atoms with E-state index < -0.39 is 0 Å². The number of anilines is 1. The number of carbonyl (C=O) groups excluding carboxylic acids is 1. The first kappa shape index (κ1) is 15.4. The van der Waals surface area contributed by atoms with Gasteiger partial charge in [-0.2, -0.15) is 14.7 Å². The molecule has 2 saturated heterocycles. The summed E-state index contributed by atoms with van der Waals surface area (Å²) < 4.78 is 3.79. The molecule has 5 rings (SSSR count). The molecular formula is C17H20N8O. The fourth-order valence-electron chi connectivity index (χ4n) is 3.65. The van der Waals surface area contributed by atoms with E-state index in [1.807, 2.05) is 39.4 Å². The minimum atomic E-state index is 0.196. The average Bonchev–Trinajstić information content (AvgIpc) is 3.30. The molecule has 0 saturated carbocycles. The number of carbonyl (C=O) groups is 1. The third-order valence-corrected chi connectivity index (χ3v) is 5.11. The van der Waals surface area contributed by atoms with E-state index in [-0.39, 0.29) is 5.91 Å². The third-order valence-electron chi connectivity index (χ3n) is 5.11. The zero-order valence-corrected chi connectivity index (χ0v) is 14.6. The van der Waals surface area contributed by atoms with Gasteiger partial charge in [-0.3, -0.25) is 14.4 Å². The van der Waals surface area contributed by atoms with Gasteiger partial charge in [-0.25, -0.2) is 0 Å². The summed E-state index contributed by atoms with van der Waals surface area (Å²) in [5, 5.41) is 17.4. The van der Waals surface area contributed by atoms with Crippen molar-refractivity contribution in [3.63, 3.8) is 0 Å². The molecular weight excluding hydrogens is 332 g/mol. The van der Waals surface area contributed by atoms with Crippen LogP contribution in [0.15, 0.2) is 24.5 Å². The average molecular weight is 352 g/mol. The van der Waals surface area contributed by atoms with Gasteiger partial charge in [-0.05, 0) is 25.5 Å². The van der Waals surface area contributed by atoms with Crippen molar-refractivity contribution in [3.05, 3.63) is 36.0 Å². The molecule has 0 radical (unpaired) electrons. The largest absolute Gasteiger partial charge is 0.309 e. The van der Waals surface area contributed by atoms with E-state index in [0.29, 0.717) is 19.0 Å². The van der Waals surface area contributed by atoms with E-state index in [1.54, 1.807) is 6.20 Å². The monoisotopic (exact) mass is 352 g/mol. The topological polar surface area (TPSA) is 84.5 Å². The second-order valence-electron chi connectivity index (χ2n) is 7.04. The predicted octanol–water partition coefficient (Wildman–Crippen LogP) is 0.813. The van der Waals surface area contributed by atoms with Gasteiger partial charge in [0, 0.05) is 32.3 Å². The molecule has 1 amide bonds. The Morgan fingerprint density at radius 3 is 2.92 bits per heavy atom. The zero-order chi connectivity index (χ0) is 17.7. The van der Waals surface area contributed by atoms with E-state index >= 15 is 0 Å². The van der Waals surface area contributed by atoms with Crippen LogP contribution >= 0.6 is 0 Å². The van der Waals surface area contributed by atoms with Crippen molar-refractivity contribution in [2.45, 2.75) is 32.4 Å². The van der Waals surface area contributed by atoms with Crippen LogP contribution in [0.2, 0.25) is 0 Å². The summed E-state index contributed by atoms with van der Waals surface area (Å²) in [7, 11) is 0. The van der Waals surface area contributed by atoms with E-state index in [2.05, 4.69) is 25.3 Å². The van der Waals surface area contributed by atoms with Gasteiger partial charge in [0.15, 0.2) is 11.5 Å². The van der Waals surface area contributed by atoms with Crippen LogP contribution < -0.4 is 4.90 Å². The first-order valence-corrected chi connectivity index (χ1v) is 8.92. The number of aromatic nitrogens is 6. The Balaban J connectivity index is 1.24. The molecule has 5 heterocycles. The van der Waals surface area contributed by atoms with E-state index in [9.17, 15) is 4.79 Å². The molecule has 0 N–H and O–H groups in total. The van der Waals surface area contributed by atoms with Crippen molar-refractivity contribution >= 4 is 17.2 Å². The maximum absolute atomic E-state index is 11.9. The van der Waals surface area contributed by atoms with E-state index in [0.717, 1.165) is 48.9 Å². The van der Waals surface area contributed by atoms with Crippen LogP contribution in [0.25, 0.3) is 5.65 Å². The molecule has 0 unspecified atom stereocenters. The van der Waals surface area contributed by atoms with Gasteiger partial charge < -0.3 is 4.90 Å². The summed E-state index contributed by atoms with van der Waals surface area (Å²) >= 11 is 0. The molecule has 2 aliphatic rings. The fourth-order valence-corrected chi connectivity index (χ4v) is 3.65. The SMILES string of the molecule is Cc1ccc2nnc(CN3CC(n4cc(N5CCCC5=O)cn4)C3)n2n1. The smallest absolute Gasteiger partial charge is 0.227 e. The summed E-state index contributed by atoms with van der Waals surface area (Å²) in [5.74, 6) is 1.05. The van der Waals surface area contributed by atoms with Gasteiger partial charge in [0.05, 0.1) is 30.2 Å². The lowest BCUT2D eigenvalue weighted by Gasteiger charge is -2.38.